The molecule has 2 nitrogen and oxygen atoms in total. The third-order valence-corrected chi connectivity index (χ3v) is 12.8. The second kappa shape index (κ2) is 13.3. The first-order chi connectivity index (χ1) is 29.3. The zero-order valence-corrected chi connectivity index (χ0v) is 32.5. The van der Waals surface area contributed by atoms with Crippen molar-refractivity contribution < 1.29 is 4.42 Å². The molecule has 0 atom stereocenters. The summed E-state index contributed by atoms with van der Waals surface area (Å²) in [5.41, 5.74) is 17.3. The highest BCUT2D eigenvalue weighted by molar-refractivity contribution is 6.11. The average Bonchev–Trinajstić information content (AvgIpc) is 3.83. The molecular formula is C57H39NO. The van der Waals surface area contributed by atoms with E-state index in [4.69, 9.17) is 4.42 Å². The summed E-state index contributed by atoms with van der Waals surface area (Å²) in [6.45, 7) is 0. The SMILES string of the molecule is C1=Cc2c(c(-c3ccccc3)cc3c2oc2ccc(N(c4ccc5c(c4)C(c4ccccc4)(c4ccccc4)c4ccccc4-5)c4ccc5ccccc5c4)cc23)CC1. The Kier molecular flexibility index (Phi) is 7.61. The molecule has 0 fully saturated rings. The first-order valence-electron chi connectivity index (χ1n) is 20.6. The fraction of sp³-hybridized carbons (Fsp3) is 0.0526. The number of furan rings is 1. The van der Waals surface area contributed by atoms with E-state index in [1.807, 2.05) is 0 Å². The van der Waals surface area contributed by atoms with Crippen molar-refractivity contribution in [3.8, 4) is 22.3 Å². The van der Waals surface area contributed by atoms with Crippen LogP contribution in [0.1, 0.15) is 39.8 Å². The molecule has 0 unspecified atom stereocenters. The monoisotopic (exact) mass is 753 g/mol. The van der Waals surface area contributed by atoms with Crippen LogP contribution in [0.15, 0.2) is 211 Å². The molecule has 0 amide bonds. The third-order valence-electron chi connectivity index (χ3n) is 12.8. The van der Waals surface area contributed by atoms with Gasteiger partial charge in [-0.2, -0.15) is 0 Å². The van der Waals surface area contributed by atoms with Crippen LogP contribution in [0.25, 0.3) is 61.0 Å². The number of nitrogens with zero attached hydrogens (tertiary/aromatic N) is 1. The second-order valence-corrected chi connectivity index (χ2v) is 15.9. The second-order valence-electron chi connectivity index (χ2n) is 15.9. The highest BCUT2D eigenvalue weighted by Gasteiger charge is 2.46. The lowest BCUT2D eigenvalue weighted by Crippen LogP contribution is -2.28. The summed E-state index contributed by atoms with van der Waals surface area (Å²) < 4.78 is 6.80. The smallest absolute Gasteiger partial charge is 0.142 e. The van der Waals surface area contributed by atoms with Gasteiger partial charge in [-0.1, -0.05) is 164 Å². The molecule has 0 N–H and O–H groups in total. The number of allylic oxidation sites excluding steroid dienone is 1. The number of anilines is 3. The lowest BCUT2D eigenvalue weighted by molar-refractivity contribution is 0.666. The van der Waals surface area contributed by atoms with Crippen molar-refractivity contribution >= 4 is 55.8 Å². The first-order valence-corrected chi connectivity index (χ1v) is 20.6. The number of benzene rings is 9. The van der Waals surface area contributed by atoms with Crippen molar-refractivity contribution in [1.29, 1.82) is 0 Å². The van der Waals surface area contributed by atoms with Crippen LogP contribution in [0.2, 0.25) is 0 Å². The summed E-state index contributed by atoms with van der Waals surface area (Å²) in [5, 5.41) is 4.67. The molecule has 0 radical (unpaired) electrons. The van der Waals surface area contributed by atoms with Gasteiger partial charge in [-0.3, -0.25) is 0 Å². The summed E-state index contributed by atoms with van der Waals surface area (Å²) in [5.74, 6) is 0. The van der Waals surface area contributed by atoms with Gasteiger partial charge in [0.25, 0.3) is 0 Å². The van der Waals surface area contributed by atoms with Gasteiger partial charge in [-0.15, -0.1) is 0 Å². The molecule has 1 heterocycles. The van der Waals surface area contributed by atoms with Crippen molar-refractivity contribution in [1.82, 2.24) is 0 Å². The molecule has 0 bridgehead atoms. The zero-order valence-electron chi connectivity index (χ0n) is 32.5. The van der Waals surface area contributed by atoms with Gasteiger partial charge >= 0.3 is 0 Å². The lowest BCUT2D eigenvalue weighted by atomic mass is 9.67. The van der Waals surface area contributed by atoms with Gasteiger partial charge in [-0.05, 0) is 122 Å². The van der Waals surface area contributed by atoms with E-state index in [0.29, 0.717) is 0 Å². The van der Waals surface area contributed by atoms with Gasteiger partial charge in [0.2, 0.25) is 0 Å². The summed E-state index contributed by atoms with van der Waals surface area (Å²) in [4.78, 5) is 2.44. The molecule has 2 aliphatic rings. The van der Waals surface area contributed by atoms with E-state index in [9.17, 15) is 0 Å². The molecular weight excluding hydrogens is 715 g/mol. The molecule has 0 saturated heterocycles. The van der Waals surface area contributed by atoms with E-state index in [1.54, 1.807) is 0 Å². The molecule has 10 aromatic rings. The molecule has 59 heavy (non-hydrogen) atoms. The molecule has 0 spiro atoms. The van der Waals surface area contributed by atoms with Gasteiger partial charge < -0.3 is 9.32 Å². The number of fused-ring (bicyclic) bond motifs is 9. The van der Waals surface area contributed by atoms with Crippen LogP contribution in [0.4, 0.5) is 17.1 Å². The van der Waals surface area contributed by atoms with Gasteiger partial charge in [0, 0.05) is 33.4 Å². The Bertz CT molecular complexity index is 3230. The third kappa shape index (κ3) is 5.13. The lowest BCUT2D eigenvalue weighted by Gasteiger charge is -2.35. The Morgan fingerprint density at radius 2 is 1.08 bits per heavy atom. The maximum atomic E-state index is 6.80. The van der Waals surface area contributed by atoms with E-state index in [0.717, 1.165) is 51.8 Å². The van der Waals surface area contributed by atoms with Crippen LogP contribution in [0.5, 0.6) is 0 Å². The van der Waals surface area contributed by atoms with E-state index in [2.05, 4.69) is 217 Å². The molecule has 278 valence electrons. The Balaban J connectivity index is 1.12. The number of rotatable bonds is 6. The average molecular weight is 754 g/mol. The minimum atomic E-state index is -0.509. The maximum absolute atomic E-state index is 6.80. The van der Waals surface area contributed by atoms with Gasteiger partial charge in [0.1, 0.15) is 11.2 Å². The topological polar surface area (TPSA) is 16.4 Å². The summed E-state index contributed by atoms with van der Waals surface area (Å²) in [6.07, 6.45) is 6.59. The van der Waals surface area contributed by atoms with Crippen LogP contribution >= 0.6 is 0 Å². The standard InChI is InChI=1S/C57H39NO/c1-4-17-39(18-5-1)50-37-52-51-35-44(31-33-55(51)59-56(52)49-26-13-12-24-46(49)50)58(43-29-28-38-16-10-11-19-40(38)34-43)45-30-32-48-47-25-14-15-27-53(47)57(54(48)36-45,41-20-6-2-7-21-41)42-22-8-3-9-23-42/h1-11,13-23,25-37H,12,24H2. The van der Waals surface area contributed by atoms with Crippen molar-refractivity contribution in [2.75, 3.05) is 4.90 Å². The van der Waals surface area contributed by atoms with Crippen molar-refractivity contribution in [2.45, 2.75) is 18.3 Å². The number of hydrogen-bond donors (Lipinski definition) is 0. The number of hydrogen-bond acceptors (Lipinski definition) is 2. The van der Waals surface area contributed by atoms with Crippen LogP contribution in [0, 0.1) is 0 Å². The van der Waals surface area contributed by atoms with Crippen LogP contribution in [-0.4, -0.2) is 0 Å². The Hall–Kier alpha value is -7.42. The molecule has 12 rings (SSSR count). The van der Waals surface area contributed by atoms with Gasteiger partial charge in [-0.25, -0.2) is 0 Å². The predicted molar refractivity (Wildman–Crippen MR) is 246 cm³/mol. The van der Waals surface area contributed by atoms with Crippen LogP contribution < -0.4 is 4.90 Å². The zero-order chi connectivity index (χ0) is 38.9. The van der Waals surface area contributed by atoms with Crippen LogP contribution in [-0.2, 0) is 11.8 Å². The molecule has 2 aliphatic carbocycles. The van der Waals surface area contributed by atoms with E-state index < -0.39 is 5.41 Å². The van der Waals surface area contributed by atoms with E-state index >= 15 is 0 Å². The largest absolute Gasteiger partial charge is 0.455 e. The van der Waals surface area contributed by atoms with Crippen molar-refractivity contribution in [3.63, 3.8) is 0 Å². The summed E-state index contributed by atoms with van der Waals surface area (Å²) in [7, 11) is 0. The Labute approximate surface area is 343 Å². The molecule has 0 saturated carbocycles. The van der Waals surface area contributed by atoms with Gasteiger partial charge in [0.05, 0.1) is 5.41 Å². The summed E-state index contributed by atoms with van der Waals surface area (Å²) in [6, 6.07) is 73.6. The molecule has 0 aliphatic heterocycles. The van der Waals surface area contributed by atoms with Crippen molar-refractivity contribution in [2.24, 2.45) is 0 Å². The van der Waals surface area contributed by atoms with Crippen molar-refractivity contribution in [3.05, 3.63) is 240 Å². The Morgan fingerprint density at radius 3 is 1.88 bits per heavy atom. The molecule has 1 aromatic heterocycles. The predicted octanol–water partition coefficient (Wildman–Crippen LogP) is 15.2. The first kappa shape index (κ1) is 33.7. The highest BCUT2D eigenvalue weighted by Crippen LogP contribution is 2.57. The molecule has 9 aromatic carbocycles. The maximum Gasteiger partial charge on any atom is 0.142 e. The van der Waals surface area contributed by atoms with Gasteiger partial charge in [0.15, 0.2) is 0 Å². The fourth-order valence-corrected chi connectivity index (χ4v) is 10.2. The highest BCUT2D eigenvalue weighted by atomic mass is 16.3. The minimum absolute atomic E-state index is 0.509. The molecule has 2 heteroatoms. The normalized spacial score (nSPS) is 13.7. The minimum Gasteiger partial charge on any atom is -0.455 e. The fourth-order valence-electron chi connectivity index (χ4n) is 10.2. The van der Waals surface area contributed by atoms with Crippen LogP contribution in [0.3, 0.4) is 0 Å². The summed E-state index contributed by atoms with van der Waals surface area (Å²) >= 11 is 0. The van der Waals surface area contributed by atoms with E-state index in [-0.39, 0.29) is 0 Å². The quantitative estimate of drug-likeness (QED) is 0.168. The van der Waals surface area contributed by atoms with E-state index in [1.165, 1.54) is 66.4 Å². The Morgan fingerprint density at radius 1 is 0.458 bits per heavy atom.